The van der Waals surface area contributed by atoms with Crippen molar-refractivity contribution in [2.75, 3.05) is 20.8 Å². The SMILES string of the molecule is COc1cc2c(cc1OC)C(CCc1ccccc1)NCC2. The molecule has 0 amide bonds. The first kappa shape index (κ1) is 14.9. The van der Waals surface area contributed by atoms with Crippen LogP contribution in [-0.2, 0) is 12.8 Å². The van der Waals surface area contributed by atoms with Crippen LogP contribution < -0.4 is 14.8 Å². The Balaban J connectivity index is 1.81. The van der Waals surface area contributed by atoms with Crippen molar-refractivity contribution >= 4 is 0 Å². The Bertz CT molecular complexity index is 625. The molecule has 3 heteroatoms. The molecule has 0 spiro atoms. The fourth-order valence-electron chi connectivity index (χ4n) is 3.18. The van der Waals surface area contributed by atoms with Gasteiger partial charge in [-0.3, -0.25) is 0 Å². The van der Waals surface area contributed by atoms with E-state index in [4.69, 9.17) is 9.47 Å². The number of nitrogens with one attached hydrogen (secondary N) is 1. The highest BCUT2D eigenvalue weighted by molar-refractivity contribution is 5.49. The minimum Gasteiger partial charge on any atom is -0.493 e. The van der Waals surface area contributed by atoms with E-state index in [0.717, 1.165) is 37.3 Å². The molecule has 22 heavy (non-hydrogen) atoms. The molecular weight excluding hydrogens is 274 g/mol. The third-order valence-electron chi connectivity index (χ3n) is 4.37. The van der Waals surface area contributed by atoms with Gasteiger partial charge < -0.3 is 14.8 Å². The quantitative estimate of drug-likeness (QED) is 0.916. The molecule has 0 aromatic heterocycles. The fraction of sp³-hybridized carbons (Fsp3) is 0.368. The summed E-state index contributed by atoms with van der Waals surface area (Å²) >= 11 is 0. The number of fused-ring (bicyclic) bond motifs is 1. The smallest absolute Gasteiger partial charge is 0.161 e. The van der Waals surface area contributed by atoms with Crippen LogP contribution >= 0.6 is 0 Å². The van der Waals surface area contributed by atoms with Crippen LogP contribution in [0.15, 0.2) is 42.5 Å². The Morgan fingerprint density at radius 2 is 1.77 bits per heavy atom. The number of ether oxygens (including phenoxy) is 2. The Morgan fingerprint density at radius 3 is 2.50 bits per heavy atom. The number of aryl methyl sites for hydroxylation is 1. The third kappa shape index (κ3) is 3.09. The van der Waals surface area contributed by atoms with Gasteiger partial charge in [-0.25, -0.2) is 0 Å². The lowest BCUT2D eigenvalue weighted by Gasteiger charge is -2.28. The zero-order valence-electron chi connectivity index (χ0n) is 13.3. The molecule has 116 valence electrons. The van der Waals surface area contributed by atoms with Gasteiger partial charge in [-0.15, -0.1) is 0 Å². The van der Waals surface area contributed by atoms with Crippen LogP contribution in [-0.4, -0.2) is 20.8 Å². The first-order chi connectivity index (χ1) is 10.8. The van der Waals surface area contributed by atoms with Crippen LogP contribution in [0.4, 0.5) is 0 Å². The molecule has 1 N–H and O–H groups in total. The van der Waals surface area contributed by atoms with E-state index in [-0.39, 0.29) is 0 Å². The van der Waals surface area contributed by atoms with Gasteiger partial charge in [-0.05, 0) is 54.6 Å². The van der Waals surface area contributed by atoms with Gasteiger partial charge in [0.2, 0.25) is 0 Å². The van der Waals surface area contributed by atoms with Crippen molar-refractivity contribution < 1.29 is 9.47 Å². The average Bonchev–Trinajstić information content (AvgIpc) is 2.59. The van der Waals surface area contributed by atoms with Crippen LogP contribution in [0.1, 0.15) is 29.2 Å². The Hall–Kier alpha value is -2.00. The molecule has 1 aliphatic heterocycles. The van der Waals surface area contributed by atoms with Crippen LogP contribution in [0.5, 0.6) is 11.5 Å². The number of benzene rings is 2. The van der Waals surface area contributed by atoms with E-state index in [9.17, 15) is 0 Å². The first-order valence-corrected chi connectivity index (χ1v) is 7.84. The molecular formula is C19H23NO2. The lowest BCUT2D eigenvalue weighted by molar-refractivity contribution is 0.351. The van der Waals surface area contributed by atoms with Crippen LogP contribution in [0, 0.1) is 0 Å². The highest BCUT2D eigenvalue weighted by atomic mass is 16.5. The van der Waals surface area contributed by atoms with Crippen molar-refractivity contribution in [3.63, 3.8) is 0 Å². The van der Waals surface area contributed by atoms with Crippen molar-refractivity contribution in [1.29, 1.82) is 0 Å². The number of rotatable bonds is 5. The molecule has 0 radical (unpaired) electrons. The van der Waals surface area contributed by atoms with Crippen molar-refractivity contribution in [3.05, 3.63) is 59.2 Å². The van der Waals surface area contributed by atoms with Crippen LogP contribution in [0.25, 0.3) is 0 Å². The molecule has 3 nitrogen and oxygen atoms in total. The minimum atomic E-state index is 0.378. The molecule has 0 aliphatic carbocycles. The van der Waals surface area contributed by atoms with Crippen molar-refractivity contribution in [3.8, 4) is 11.5 Å². The van der Waals surface area contributed by atoms with Gasteiger partial charge in [0.05, 0.1) is 14.2 Å². The molecule has 1 atom stereocenters. The maximum Gasteiger partial charge on any atom is 0.161 e. The molecule has 0 bridgehead atoms. The molecule has 2 aromatic rings. The standard InChI is InChI=1S/C19H23NO2/c1-21-18-12-15-10-11-20-17(16(15)13-19(18)22-2)9-8-14-6-4-3-5-7-14/h3-7,12-13,17,20H,8-11H2,1-2H3. The number of hydrogen-bond donors (Lipinski definition) is 1. The van der Waals surface area contributed by atoms with Gasteiger partial charge in [0.25, 0.3) is 0 Å². The van der Waals surface area contributed by atoms with E-state index in [2.05, 4.69) is 47.8 Å². The lowest BCUT2D eigenvalue weighted by Crippen LogP contribution is -2.30. The fourth-order valence-corrected chi connectivity index (χ4v) is 3.18. The summed E-state index contributed by atoms with van der Waals surface area (Å²) < 4.78 is 10.9. The average molecular weight is 297 g/mol. The maximum absolute atomic E-state index is 5.46. The van der Waals surface area contributed by atoms with Gasteiger partial charge >= 0.3 is 0 Å². The Labute approximate surface area is 132 Å². The predicted molar refractivity (Wildman–Crippen MR) is 88.8 cm³/mol. The van der Waals surface area contributed by atoms with Gasteiger partial charge in [-0.1, -0.05) is 30.3 Å². The summed E-state index contributed by atoms with van der Waals surface area (Å²) in [7, 11) is 3.39. The number of hydrogen-bond acceptors (Lipinski definition) is 3. The van der Waals surface area contributed by atoms with Crippen LogP contribution in [0.2, 0.25) is 0 Å². The van der Waals surface area contributed by atoms with Crippen molar-refractivity contribution in [1.82, 2.24) is 5.32 Å². The van der Waals surface area contributed by atoms with E-state index >= 15 is 0 Å². The summed E-state index contributed by atoms with van der Waals surface area (Å²) in [5, 5.41) is 3.64. The number of methoxy groups -OCH3 is 2. The zero-order chi connectivity index (χ0) is 15.4. The third-order valence-corrected chi connectivity index (χ3v) is 4.37. The second kappa shape index (κ2) is 6.84. The van der Waals surface area contributed by atoms with E-state index < -0.39 is 0 Å². The molecule has 1 aliphatic rings. The highest BCUT2D eigenvalue weighted by Gasteiger charge is 2.22. The predicted octanol–water partition coefficient (Wildman–Crippen LogP) is 3.52. The zero-order valence-corrected chi connectivity index (χ0v) is 13.3. The molecule has 0 saturated carbocycles. The molecule has 3 rings (SSSR count). The van der Waals surface area contributed by atoms with Gasteiger partial charge in [-0.2, -0.15) is 0 Å². The van der Waals surface area contributed by atoms with Crippen molar-refractivity contribution in [2.24, 2.45) is 0 Å². The van der Waals surface area contributed by atoms with Crippen molar-refractivity contribution in [2.45, 2.75) is 25.3 Å². The van der Waals surface area contributed by atoms with Gasteiger partial charge in [0, 0.05) is 6.04 Å². The van der Waals surface area contributed by atoms with Crippen LogP contribution in [0.3, 0.4) is 0 Å². The summed E-state index contributed by atoms with van der Waals surface area (Å²) in [5.41, 5.74) is 4.10. The summed E-state index contributed by atoms with van der Waals surface area (Å²) in [6.07, 6.45) is 3.20. The lowest BCUT2D eigenvalue weighted by atomic mass is 9.90. The van der Waals surface area contributed by atoms with Gasteiger partial charge in [0.1, 0.15) is 0 Å². The molecule has 0 fully saturated rings. The summed E-state index contributed by atoms with van der Waals surface area (Å²) in [6.45, 7) is 1.02. The molecule has 1 heterocycles. The van der Waals surface area contributed by atoms with E-state index in [1.165, 1.54) is 16.7 Å². The van der Waals surface area contributed by atoms with E-state index in [1.807, 2.05) is 0 Å². The first-order valence-electron chi connectivity index (χ1n) is 7.84. The normalized spacial score (nSPS) is 16.9. The summed E-state index contributed by atoms with van der Waals surface area (Å²) in [4.78, 5) is 0. The second-order valence-corrected chi connectivity index (χ2v) is 5.69. The monoisotopic (exact) mass is 297 g/mol. The van der Waals surface area contributed by atoms with E-state index in [0.29, 0.717) is 6.04 Å². The topological polar surface area (TPSA) is 30.5 Å². The second-order valence-electron chi connectivity index (χ2n) is 5.69. The van der Waals surface area contributed by atoms with Gasteiger partial charge in [0.15, 0.2) is 11.5 Å². The maximum atomic E-state index is 5.46. The van der Waals surface area contributed by atoms with E-state index in [1.54, 1.807) is 14.2 Å². The molecule has 2 aromatic carbocycles. The minimum absolute atomic E-state index is 0.378. The Morgan fingerprint density at radius 1 is 1.05 bits per heavy atom. The molecule has 0 saturated heterocycles. The largest absolute Gasteiger partial charge is 0.493 e. The Kier molecular flexibility index (Phi) is 4.64. The highest BCUT2D eigenvalue weighted by Crippen LogP contribution is 2.36. The summed E-state index contributed by atoms with van der Waals surface area (Å²) in [5.74, 6) is 1.64. The molecule has 1 unspecified atom stereocenters. The summed E-state index contributed by atoms with van der Waals surface area (Å²) in [6, 6.07) is 15.3.